The molecule has 2 nitrogen and oxygen atoms in total. The summed E-state index contributed by atoms with van der Waals surface area (Å²) in [7, 11) is 0. The van der Waals surface area contributed by atoms with Crippen LogP contribution in [-0.4, -0.2) is 29.0 Å². The molecule has 1 unspecified atom stereocenters. The van der Waals surface area contributed by atoms with Crippen molar-refractivity contribution >= 4 is 17.7 Å². The van der Waals surface area contributed by atoms with E-state index in [0.717, 1.165) is 43.6 Å². The van der Waals surface area contributed by atoms with Crippen molar-refractivity contribution in [1.82, 2.24) is 0 Å². The van der Waals surface area contributed by atoms with Crippen LogP contribution < -0.4 is 0 Å². The number of alkyl halides is 2. The van der Waals surface area contributed by atoms with E-state index in [-0.39, 0.29) is 12.3 Å². The van der Waals surface area contributed by atoms with Crippen molar-refractivity contribution in [3.63, 3.8) is 0 Å². The van der Waals surface area contributed by atoms with Crippen molar-refractivity contribution in [3.05, 3.63) is 0 Å². The number of hydrogen-bond acceptors (Lipinski definition) is 2. The zero-order valence-corrected chi connectivity index (χ0v) is 13.4. The molecular formula is C15H28F2O2S. The van der Waals surface area contributed by atoms with E-state index in [1.54, 1.807) is 11.8 Å². The smallest absolute Gasteiger partial charge is 0.306 e. The first-order chi connectivity index (χ1) is 9.43. The number of carboxylic acids is 1. The average molecular weight is 310 g/mol. The van der Waals surface area contributed by atoms with Gasteiger partial charge in [0.2, 0.25) is 6.43 Å². The van der Waals surface area contributed by atoms with Crippen LogP contribution in [0.1, 0.15) is 58.8 Å². The summed E-state index contributed by atoms with van der Waals surface area (Å²) in [6.07, 6.45) is 2.83. The Balaban J connectivity index is 3.43. The van der Waals surface area contributed by atoms with Crippen LogP contribution in [0.3, 0.4) is 0 Å². The number of rotatable bonds is 13. The van der Waals surface area contributed by atoms with Gasteiger partial charge in [-0.25, -0.2) is 8.78 Å². The SMILES string of the molecule is CC(C)CC(CCSCCCCCCC(F)F)C(=O)O. The molecule has 0 saturated heterocycles. The molecule has 0 aliphatic rings. The van der Waals surface area contributed by atoms with E-state index in [0.29, 0.717) is 12.3 Å². The van der Waals surface area contributed by atoms with Crippen molar-refractivity contribution < 1.29 is 18.7 Å². The molecule has 0 bridgehead atoms. The third-order valence-electron chi connectivity index (χ3n) is 3.18. The molecule has 0 aliphatic heterocycles. The molecule has 1 atom stereocenters. The normalized spacial score (nSPS) is 13.1. The van der Waals surface area contributed by atoms with Gasteiger partial charge in [0.15, 0.2) is 0 Å². The minimum Gasteiger partial charge on any atom is -0.481 e. The highest BCUT2D eigenvalue weighted by atomic mass is 32.2. The molecule has 5 heteroatoms. The second kappa shape index (κ2) is 12.4. The molecule has 0 spiro atoms. The maximum atomic E-state index is 11.9. The lowest BCUT2D eigenvalue weighted by molar-refractivity contribution is -0.142. The third-order valence-corrected chi connectivity index (χ3v) is 4.28. The minimum absolute atomic E-state index is 0.0165. The van der Waals surface area contributed by atoms with E-state index >= 15 is 0 Å². The van der Waals surface area contributed by atoms with E-state index in [1.807, 2.05) is 13.8 Å². The summed E-state index contributed by atoms with van der Waals surface area (Å²) in [4.78, 5) is 11.1. The van der Waals surface area contributed by atoms with Crippen LogP contribution in [0.15, 0.2) is 0 Å². The highest BCUT2D eigenvalue weighted by Crippen LogP contribution is 2.19. The summed E-state index contributed by atoms with van der Waals surface area (Å²) in [5, 5.41) is 9.10. The lowest BCUT2D eigenvalue weighted by Crippen LogP contribution is -2.16. The molecule has 0 aromatic heterocycles. The van der Waals surface area contributed by atoms with Gasteiger partial charge >= 0.3 is 5.97 Å². The van der Waals surface area contributed by atoms with E-state index < -0.39 is 12.4 Å². The van der Waals surface area contributed by atoms with Gasteiger partial charge in [0.1, 0.15) is 0 Å². The lowest BCUT2D eigenvalue weighted by atomic mass is 9.95. The maximum absolute atomic E-state index is 11.9. The fourth-order valence-electron chi connectivity index (χ4n) is 2.10. The zero-order valence-electron chi connectivity index (χ0n) is 12.6. The number of halogens is 2. The highest BCUT2D eigenvalue weighted by Gasteiger charge is 2.18. The summed E-state index contributed by atoms with van der Waals surface area (Å²) in [5.74, 6) is 1.37. The van der Waals surface area contributed by atoms with Gasteiger partial charge < -0.3 is 5.11 Å². The second-order valence-electron chi connectivity index (χ2n) is 5.66. The zero-order chi connectivity index (χ0) is 15.4. The molecule has 0 heterocycles. The highest BCUT2D eigenvalue weighted by molar-refractivity contribution is 7.99. The predicted molar refractivity (Wildman–Crippen MR) is 81.6 cm³/mol. The van der Waals surface area contributed by atoms with Gasteiger partial charge in [0.05, 0.1) is 5.92 Å². The van der Waals surface area contributed by atoms with Crippen LogP contribution in [0.2, 0.25) is 0 Å². The number of aliphatic carboxylic acids is 1. The fourth-order valence-corrected chi connectivity index (χ4v) is 3.16. The van der Waals surface area contributed by atoms with Crippen LogP contribution in [-0.2, 0) is 4.79 Å². The first-order valence-corrected chi connectivity index (χ1v) is 8.67. The molecule has 20 heavy (non-hydrogen) atoms. The Morgan fingerprint density at radius 2 is 1.70 bits per heavy atom. The van der Waals surface area contributed by atoms with Crippen molar-refractivity contribution in [2.45, 2.75) is 65.2 Å². The molecule has 0 saturated carbocycles. The van der Waals surface area contributed by atoms with Gasteiger partial charge in [-0.05, 0) is 43.1 Å². The predicted octanol–water partition coefficient (Wildman–Crippen LogP) is 5.07. The van der Waals surface area contributed by atoms with Gasteiger partial charge in [0.25, 0.3) is 0 Å². The largest absolute Gasteiger partial charge is 0.481 e. The average Bonchev–Trinajstić information content (AvgIpc) is 2.34. The summed E-state index contributed by atoms with van der Waals surface area (Å²) >= 11 is 1.78. The van der Waals surface area contributed by atoms with E-state index in [9.17, 15) is 13.6 Å². The Hall–Kier alpha value is -0.320. The fraction of sp³-hybridized carbons (Fsp3) is 0.933. The number of carbonyl (C=O) groups is 1. The molecule has 120 valence electrons. The molecular weight excluding hydrogens is 282 g/mol. The molecule has 1 N–H and O–H groups in total. The Morgan fingerprint density at radius 1 is 1.05 bits per heavy atom. The van der Waals surface area contributed by atoms with Gasteiger partial charge in [-0.2, -0.15) is 11.8 Å². The lowest BCUT2D eigenvalue weighted by Gasteiger charge is -2.14. The molecule has 0 fully saturated rings. The first-order valence-electron chi connectivity index (χ1n) is 7.52. The molecule has 0 rings (SSSR count). The Kier molecular flexibility index (Phi) is 12.2. The molecule has 0 aromatic rings. The van der Waals surface area contributed by atoms with E-state index in [1.165, 1.54) is 0 Å². The van der Waals surface area contributed by atoms with Crippen LogP contribution in [0.25, 0.3) is 0 Å². The van der Waals surface area contributed by atoms with Crippen LogP contribution >= 0.6 is 11.8 Å². The first kappa shape index (κ1) is 19.7. The standard InChI is InChI=1S/C15H28F2O2S/c1-12(2)11-13(15(18)19)8-10-20-9-6-4-3-5-7-14(16)17/h12-14H,3-11H2,1-2H3,(H,18,19). The number of thioether (sulfide) groups is 1. The summed E-state index contributed by atoms with van der Waals surface area (Å²) in [6.45, 7) is 4.09. The number of carboxylic acid groups (broad SMARTS) is 1. The Morgan fingerprint density at radius 3 is 2.25 bits per heavy atom. The monoisotopic (exact) mass is 310 g/mol. The third kappa shape index (κ3) is 12.7. The molecule has 0 radical (unpaired) electrons. The molecule has 0 aromatic carbocycles. The van der Waals surface area contributed by atoms with E-state index in [4.69, 9.17) is 5.11 Å². The number of hydrogen-bond donors (Lipinski definition) is 1. The summed E-state index contributed by atoms with van der Waals surface area (Å²) < 4.78 is 23.8. The maximum Gasteiger partial charge on any atom is 0.306 e. The number of unbranched alkanes of at least 4 members (excludes halogenated alkanes) is 3. The van der Waals surface area contributed by atoms with Gasteiger partial charge in [-0.3, -0.25) is 4.79 Å². The van der Waals surface area contributed by atoms with Gasteiger partial charge in [-0.15, -0.1) is 0 Å². The summed E-state index contributed by atoms with van der Waals surface area (Å²) in [5.41, 5.74) is 0. The molecule has 0 amide bonds. The van der Waals surface area contributed by atoms with Crippen molar-refractivity contribution in [2.75, 3.05) is 11.5 Å². The van der Waals surface area contributed by atoms with Crippen molar-refractivity contribution in [2.24, 2.45) is 11.8 Å². The van der Waals surface area contributed by atoms with Crippen LogP contribution in [0.5, 0.6) is 0 Å². The van der Waals surface area contributed by atoms with E-state index in [2.05, 4.69) is 0 Å². The Bertz CT molecular complexity index is 248. The van der Waals surface area contributed by atoms with Crippen LogP contribution in [0.4, 0.5) is 8.78 Å². The molecule has 0 aliphatic carbocycles. The quantitative estimate of drug-likeness (QED) is 0.482. The second-order valence-corrected chi connectivity index (χ2v) is 6.88. The topological polar surface area (TPSA) is 37.3 Å². The van der Waals surface area contributed by atoms with Crippen LogP contribution in [0, 0.1) is 11.8 Å². The van der Waals surface area contributed by atoms with Gasteiger partial charge in [0, 0.05) is 6.42 Å². The van der Waals surface area contributed by atoms with Crippen molar-refractivity contribution in [3.8, 4) is 0 Å². The van der Waals surface area contributed by atoms with Crippen molar-refractivity contribution in [1.29, 1.82) is 0 Å². The minimum atomic E-state index is -2.17. The van der Waals surface area contributed by atoms with Gasteiger partial charge in [-0.1, -0.05) is 26.7 Å². The Labute approximate surface area is 125 Å². The summed E-state index contributed by atoms with van der Waals surface area (Å²) in [6, 6.07) is 0.